The third-order valence-electron chi connectivity index (χ3n) is 4.16. The Bertz CT molecular complexity index is 1110. The molecule has 0 aliphatic heterocycles. The van der Waals surface area contributed by atoms with Crippen LogP contribution in [-0.2, 0) is 10.0 Å². The number of hydrogen-bond donors (Lipinski definition) is 2. The fourth-order valence-corrected chi connectivity index (χ4v) is 3.69. The van der Waals surface area contributed by atoms with E-state index in [1.54, 1.807) is 66.7 Å². The van der Waals surface area contributed by atoms with Crippen LogP contribution in [0, 0.1) is 6.92 Å². The first-order valence-electron chi connectivity index (χ1n) is 9.12. The predicted octanol–water partition coefficient (Wildman–Crippen LogP) is 3.95. The lowest BCUT2D eigenvalue weighted by Gasteiger charge is -2.11. The average Bonchev–Trinajstić information content (AvgIpc) is 2.72. The van der Waals surface area contributed by atoms with Crippen LogP contribution in [0.3, 0.4) is 0 Å². The van der Waals surface area contributed by atoms with E-state index in [2.05, 4.69) is 4.72 Å². The molecule has 3 rings (SSSR count). The summed E-state index contributed by atoms with van der Waals surface area (Å²) in [7, 11) is -3.66. The van der Waals surface area contributed by atoms with Crippen molar-refractivity contribution in [2.75, 3.05) is 17.9 Å². The summed E-state index contributed by atoms with van der Waals surface area (Å²) >= 11 is 0. The van der Waals surface area contributed by atoms with Crippen molar-refractivity contribution in [2.24, 2.45) is 0 Å². The minimum atomic E-state index is -3.66. The summed E-state index contributed by atoms with van der Waals surface area (Å²) in [6, 6.07) is 19.4. The molecule has 0 atom stereocenters. The molecule has 0 radical (unpaired) electrons. The van der Waals surface area contributed by atoms with Gasteiger partial charge in [-0.05, 0) is 55.5 Å². The number of para-hydroxylation sites is 1. The number of nitrogens with one attached hydrogen (secondary N) is 1. The van der Waals surface area contributed by atoms with E-state index in [1.165, 1.54) is 6.07 Å². The number of rotatable bonds is 9. The molecule has 30 heavy (non-hydrogen) atoms. The highest BCUT2D eigenvalue weighted by atomic mass is 32.2. The van der Waals surface area contributed by atoms with Crippen LogP contribution in [0.15, 0.2) is 77.7 Å². The third-order valence-corrected chi connectivity index (χ3v) is 5.56. The van der Waals surface area contributed by atoms with Gasteiger partial charge in [0.25, 0.3) is 10.0 Å². The van der Waals surface area contributed by atoms with E-state index in [0.29, 0.717) is 11.4 Å². The molecule has 0 fully saturated rings. The number of aryl methyl sites for hydroxylation is 1. The van der Waals surface area contributed by atoms with Gasteiger partial charge in [-0.3, -0.25) is 4.72 Å². The summed E-state index contributed by atoms with van der Waals surface area (Å²) in [6.45, 7) is 2.24. The second-order valence-corrected chi connectivity index (χ2v) is 8.12. The minimum Gasteiger partial charge on any atom is -0.490 e. The van der Waals surface area contributed by atoms with Crippen molar-refractivity contribution in [3.63, 3.8) is 0 Å². The van der Waals surface area contributed by atoms with E-state index < -0.39 is 16.0 Å². The number of benzene rings is 3. The molecule has 0 saturated carbocycles. The Morgan fingerprint density at radius 1 is 0.900 bits per heavy atom. The molecule has 156 valence electrons. The highest BCUT2D eigenvalue weighted by molar-refractivity contribution is 7.92. The summed E-state index contributed by atoms with van der Waals surface area (Å²) in [6.07, 6.45) is 0. The fraction of sp³-hybridized carbons (Fsp3) is 0.136. The van der Waals surface area contributed by atoms with Crippen molar-refractivity contribution in [1.82, 2.24) is 0 Å². The Balaban J connectivity index is 1.52. The first kappa shape index (κ1) is 21.2. The van der Waals surface area contributed by atoms with Crippen molar-refractivity contribution in [2.45, 2.75) is 11.8 Å². The zero-order valence-corrected chi connectivity index (χ0v) is 17.1. The Morgan fingerprint density at radius 3 is 2.20 bits per heavy atom. The van der Waals surface area contributed by atoms with Gasteiger partial charge in [-0.15, -0.1) is 0 Å². The Labute approximate surface area is 174 Å². The van der Waals surface area contributed by atoms with Gasteiger partial charge in [0.2, 0.25) is 0 Å². The number of carboxylic acid groups (broad SMARTS) is 1. The van der Waals surface area contributed by atoms with E-state index in [4.69, 9.17) is 14.6 Å². The van der Waals surface area contributed by atoms with Crippen molar-refractivity contribution in [1.29, 1.82) is 0 Å². The second kappa shape index (κ2) is 9.32. The molecule has 0 bridgehead atoms. The minimum absolute atomic E-state index is 0.0858. The lowest BCUT2D eigenvalue weighted by atomic mass is 10.2. The first-order chi connectivity index (χ1) is 14.3. The summed E-state index contributed by atoms with van der Waals surface area (Å²) in [5, 5.41) is 9.13. The maximum atomic E-state index is 12.4. The molecule has 0 aliphatic rings. The lowest BCUT2D eigenvalue weighted by molar-refractivity contribution is 0.0691. The molecule has 2 N–H and O–H groups in total. The molecule has 3 aromatic rings. The molecular formula is C22H21NO6S. The van der Waals surface area contributed by atoms with Crippen LogP contribution in [-0.4, -0.2) is 32.7 Å². The van der Waals surface area contributed by atoms with Gasteiger partial charge in [-0.1, -0.05) is 29.8 Å². The number of carboxylic acids is 1. The topological polar surface area (TPSA) is 102 Å². The number of sulfonamides is 1. The van der Waals surface area contributed by atoms with Crippen LogP contribution in [0.25, 0.3) is 0 Å². The molecule has 0 spiro atoms. The summed E-state index contributed by atoms with van der Waals surface area (Å²) < 4.78 is 38.4. The van der Waals surface area contributed by atoms with Gasteiger partial charge < -0.3 is 14.6 Å². The predicted molar refractivity (Wildman–Crippen MR) is 113 cm³/mol. The SMILES string of the molecule is Cc1ccc(S(=O)(=O)Nc2ccc(OCCOc3ccccc3C(=O)O)cc2)cc1. The molecule has 3 aromatic carbocycles. The second-order valence-electron chi connectivity index (χ2n) is 6.44. The van der Waals surface area contributed by atoms with Crippen molar-refractivity contribution >= 4 is 21.7 Å². The van der Waals surface area contributed by atoms with Gasteiger partial charge in [0.05, 0.1) is 4.90 Å². The largest absolute Gasteiger partial charge is 0.490 e. The molecule has 0 aromatic heterocycles. The lowest BCUT2D eigenvalue weighted by Crippen LogP contribution is -2.13. The molecular weight excluding hydrogens is 406 g/mol. The number of aromatic carboxylic acids is 1. The molecule has 7 nitrogen and oxygen atoms in total. The average molecular weight is 427 g/mol. The van der Waals surface area contributed by atoms with Crippen LogP contribution in [0.4, 0.5) is 5.69 Å². The van der Waals surface area contributed by atoms with Gasteiger partial charge in [-0.2, -0.15) is 0 Å². The van der Waals surface area contributed by atoms with E-state index in [-0.39, 0.29) is 29.4 Å². The van der Waals surface area contributed by atoms with Crippen LogP contribution in [0.2, 0.25) is 0 Å². The standard InChI is InChI=1S/C22H21NO6S/c1-16-6-12-19(13-7-16)30(26,27)23-17-8-10-18(11-9-17)28-14-15-29-21-5-3-2-4-20(21)22(24)25/h2-13,23H,14-15H2,1H3,(H,24,25). The molecule has 0 amide bonds. The van der Waals surface area contributed by atoms with Crippen LogP contribution in [0.1, 0.15) is 15.9 Å². The van der Waals surface area contributed by atoms with Gasteiger partial charge in [0.1, 0.15) is 30.3 Å². The van der Waals surface area contributed by atoms with Crippen LogP contribution in [0.5, 0.6) is 11.5 Å². The Morgan fingerprint density at radius 2 is 1.53 bits per heavy atom. The van der Waals surface area contributed by atoms with Crippen LogP contribution < -0.4 is 14.2 Å². The Kier molecular flexibility index (Phi) is 6.58. The normalized spacial score (nSPS) is 11.0. The first-order valence-corrected chi connectivity index (χ1v) is 10.6. The van der Waals surface area contributed by atoms with Crippen molar-refractivity contribution in [3.05, 3.63) is 83.9 Å². The monoisotopic (exact) mass is 427 g/mol. The summed E-state index contributed by atoms with van der Waals surface area (Å²) in [4.78, 5) is 11.3. The van der Waals surface area contributed by atoms with Gasteiger partial charge in [0.15, 0.2) is 0 Å². The van der Waals surface area contributed by atoms with E-state index >= 15 is 0 Å². The zero-order valence-electron chi connectivity index (χ0n) is 16.2. The molecule has 8 heteroatoms. The summed E-state index contributed by atoms with van der Waals surface area (Å²) in [5.41, 5.74) is 1.48. The van der Waals surface area contributed by atoms with Crippen molar-refractivity contribution in [3.8, 4) is 11.5 Å². The Hall–Kier alpha value is -3.52. The fourth-order valence-electron chi connectivity index (χ4n) is 2.63. The summed E-state index contributed by atoms with van der Waals surface area (Å²) in [5.74, 6) is -0.256. The maximum absolute atomic E-state index is 12.4. The molecule has 0 saturated heterocycles. The number of anilines is 1. The van der Waals surface area contributed by atoms with Crippen molar-refractivity contribution < 1.29 is 27.8 Å². The highest BCUT2D eigenvalue weighted by Crippen LogP contribution is 2.21. The number of hydrogen-bond acceptors (Lipinski definition) is 5. The molecule has 0 unspecified atom stereocenters. The zero-order chi connectivity index (χ0) is 21.6. The smallest absolute Gasteiger partial charge is 0.339 e. The maximum Gasteiger partial charge on any atom is 0.339 e. The quantitative estimate of drug-likeness (QED) is 0.502. The van der Waals surface area contributed by atoms with E-state index in [9.17, 15) is 13.2 Å². The van der Waals surface area contributed by atoms with Gasteiger partial charge >= 0.3 is 5.97 Å². The molecule has 0 heterocycles. The third kappa shape index (κ3) is 5.51. The van der Waals surface area contributed by atoms with Gasteiger partial charge in [0, 0.05) is 5.69 Å². The molecule has 0 aliphatic carbocycles. The number of ether oxygens (including phenoxy) is 2. The van der Waals surface area contributed by atoms with Gasteiger partial charge in [-0.25, -0.2) is 13.2 Å². The van der Waals surface area contributed by atoms with Crippen LogP contribution >= 0.6 is 0 Å². The number of carbonyl (C=O) groups is 1. The highest BCUT2D eigenvalue weighted by Gasteiger charge is 2.14. The van der Waals surface area contributed by atoms with E-state index in [0.717, 1.165) is 5.56 Å². The van der Waals surface area contributed by atoms with E-state index in [1.807, 2.05) is 6.92 Å².